The zero-order valence-corrected chi connectivity index (χ0v) is 14.3. The highest BCUT2D eigenvalue weighted by Gasteiger charge is 2.11. The van der Waals surface area contributed by atoms with Crippen LogP contribution in [0, 0.1) is 0 Å². The zero-order valence-electron chi connectivity index (χ0n) is 14.3. The zero-order chi connectivity index (χ0) is 18.5. The molecule has 3 rings (SSSR count). The molecule has 8 nitrogen and oxygen atoms in total. The van der Waals surface area contributed by atoms with E-state index in [0.717, 1.165) is 5.56 Å². The van der Waals surface area contributed by atoms with Crippen molar-refractivity contribution in [1.82, 2.24) is 15.2 Å². The van der Waals surface area contributed by atoms with Crippen molar-refractivity contribution in [2.75, 3.05) is 5.32 Å². The summed E-state index contributed by atoms with van der Waals surface area (Å²) in [7, 11) is 1.70. The number of hydrogen-bond donors (Lipinski definition) is 2. The fourth-order valence-electron chi connectivity index (χ4n) is 2.28. The number of hydrazone groups is 1. The molecule has 2 heterocycles. The monoisotopic (exact) mass is 351 g/mol. The Labute approximate surface area is 149 Å². The molecule has 0 atom stereocenters. The highest BCUT2D eigenvalue weighted by atomic mass is 16.3. The van der Waals surface area contributed by atoms with Gasteiger partial charge in [-0.25, -0.2) is 5.43 Å². The summed E-state index contributed by atoms with van der Waals surface area (Å²) >= 11 is 0. The first-order valence-electron chi connectivity index (χ1n) is 7.82. The number of nitrogens with zero attached hydrogens (tertiary/aromatic N) is 3. The summed E-state index contributed by atoms with van der Waals surface area (Å²) < 4.78 is 6.50. The molecule has 0 aliphatic heterocycles. The SMILES string of the molecule is CC(=NNC(=O)c1ccco1)c1cccc(NC(=O)c2ccnn2C)c1. The number of aryl methyl sites for hydroxylation is 1. The highest BCUT2D eigenvalue weighted by Crippen LogP contribution is 2.13. The topological polar surface area (TPSA) is 102 Å². The minimum Gasteiger partial charge on any atom is -0.459 e. The van der Waals surface area contributed by atoms with Gasteiger partial charge in [-0.2, -0.15) is 10.2 Å². The Morgan fingerprint density at radius 3 is 2.69 bits per heavy atom. The molecule has 3 aromatic rings. The Hall–Kier alpha value is -3.68. The van der Waals surface area contributed by atoms with Crippen LogP contribution in [0.15, 0.2) is 64.4 Å². The largest absolute Gasteiger partial charge is 0.459 e. The van der Waals surface area contributed by atoms with E-state index in [1.807, 2.05) is 6.07 Å². The Balaban J connectivity index is 1.70. The normalized spacial score (nSPS) is 11.2. The second kappa shape index (κ2) is 7.47. The van der Waals surface area contributed by atoms with Crippen LogP contribution in [-0.2, 0) is 7.05 Å². The average molecular weight is 351 g/mol. The number of carbonyl (C=O) groups is 2. The van der Waals surface area contributed by atoms with Crippen LogP contribution in [0.4, 0.5) is 5.69 Å². The van der Waals surface area contributed by atoms with E-state index in [-0.39, 0.29) is 11.7 Å². The number of nitrogens with one attached hydrogen (secondary N) is 2. The van der Waals surface area contributed by atoms with Crippen LogP contribution in [0.1, 0.15) is 33.5 Å². The van der Waals surface area contributed by atoms with Gasteiger partial charge < -0.3 is 9.73 Å². The van der Waals surface area contributed by atoms with E-state index in [0.29, 0.717) is 17.1 Å². The van der Waals surface area contributed by atoms with Gasteiger partial charge in [0.15, 0.2) is 5.76 Å². The first kappa shape index (κ1) is 17.2. The molecular formula is C18H17N5O3. The molecule has 2 aromatic heterocycles. The van der Waals surface area contributed by atoms with Crippen molar-refractivity contribution in [2.24, 2.45) is 12.1 Å². The minimum absolute atomic E-state index is 0.179. The molecule has 2 amide bonds. The van der Waals surface area contributed by atoms with Crippen LogP contribution in [0.5, 0.6) is 0 Å². The molecule has 0 spiro atoms. The summed E-state index contributed by atoms with van der Waals surface area (Å²) in [4.78, 5) is 24.1. The molecule has 0 radical (unpaired) electrons. The fourth-order valence-corrected chi connectivity index (χ4v) is 2.28. The molecule has 0 fully saturated rings. The molecule has 1 aromatic carbocycles. The van der Waals surface area contributed by atoms with Crippen LogP contribution in [-0.4, -0.2) is 27.3 Å². The smallest absolute Gasteiger partial charge is 0.307 e. The molecule has 8 heteroatoms. The van der Waals surface area contributed by atoms with E-state index >= 15 is 0 Å². The van der Waals surface area contributed by atoms with Gasteiger partial charge in [-0.15, -0.1) is 0 Å². The molecule has 0 bridgehead atoms. The van der Waals surface area contributed by atoms with Crippen LogP contribution in [0.2, 0.25) is 0 Å². The van der Waals surface area contributed by atoms with E-state index in [1.165, 1.54) is 10.9 Å². The van der Waals surface area contributed by atoms with Crippen molar-refractivity contribution in [3.8, 4) is 0 Å². The lowest BCUT2D eigenvalue weighted by molar-refractivity contribution is 0.0926. The van der Waals surface area contributed by atoms with Crippen molar-refractivity contribution in [3.63, 3.8) is 0 Å². The first-order valence-corrected chi connectivity index (χ1v) is 7.82. The molecule has 0 saturated carbocycles. The summed E-state index contributed by atoms with van der Waals surface area (Å²) in [5.41, 5.74) is 4.83. The number of aromatic nitrogens is 2. The number of hydrogen-bond acceptors (Lipinski definition) is 5. The van der Waals surface area contributed by atoms with Crippen LogP contribution in [0.3, 0.4) is 0 Å². The van der Waals surface area contributed by atoms with Gasteiger partial charge in [0.2, 0.25) is 0 Å². The van der Waals surface area contributed by atoms with Crippen molar-refractivity contribution in [2.45, 2.75) is 6.92 Å². The second-order valence-electron chi connectivity index (χ2n) is 5.49. The van der Waals surface area contributed by atoms with E-state index in [9.17, 15) is 9.59 Å². The Kier molecular flexibility index (Phi) is 4.93. The lowest BCUT2D eigenvalue weighted by Gasteiger charge is -2.08. The van der Waals surface area contributed by atoms with Gasteiger partial charge in [0.05, 0.1) is 12.0 Å². The van der Waals surface area contributed by atoms with Crippen LogP contribution >= 0.6 is 0 Å². The third-order valence-corrected chi connectivity index (χ3v) is 3.66. The van der Waals surface area contributed by atoms with Gasteiger partial charge in [-0.05, 0) is 42.8 Å². The minimum atomic E-state index is -0.435. The van der Waals surface area contributed by atoms with Crippen molar-refractivity contribution < 1.29 is 14.0 Å². The van der Waals surface area contributed by atoms with E-state index in [2.05, 4.69) is 20.9 Å². The summed E-state index contributed by atoms with van der Waals surface area (Å²) in [6.45, 7) is 1.75. The van der Waals surface area contributed by atoms with Crippen molar-refractivity contribution >= 4 is 23.2 Å². The standard InChI is InChI=1S/C18H17N5O3/c1-12(21-22-18(25)16-7-4-10-26-16)13-5-3-6-14(11-13)20-17(24)15-8-9-19-23(15)2/h3-11H,1-2H3,(H,20,24)(H,22,25). The Morgan fingerprint density at radius 2 is 2.00 bits per heavy atom. The average Bonchev–Trinajstić information content (AvgIpc) is 3.31. The fraction of sp³-hybridized carbons (Fsp3) is 0.111. The Bertz CT molecular complexity index is 957. The summed E-state index contributed by atoms with van der Waals surface area (Å²) in [5.74, 6) is -0.517. The molecular weight excluding hydrogens is 334 g/mol. The molecule has 132 valence electrons. The van der Waals surface area contributed by atoms with Gasteiger partial charge in [-0.1, -0.05) is 12.1 Å². The van der Waals surface area contributed by atoms with Crippen molar-refractivity contribution in [1.29, 1.82) is 0 Å². The number of furan rings is 1. The lowest BCUT2D eigenvalue weighted by Crippen LogP contribution is -2.19. The van der Waals surface area contributed by atoms with Gasteiger partial charge in [0.1, 0.15) is 5.69 Å². The highest BCUT2D eigenvalue weighted by molar-refractivity contribution is 6.05. The number of rotatable bonds is 5. The number of amides is 2. The molecule has 0 aliphatic rings. The molecule has 26 heavy (non-hydrogen) atoms. The number of anilines is 1. The van der Waals surface area contributed by atoms with Crippen LogP contribution in [0.25, 0.3) is 0 Å². The second-order valence-corrected chi connectivity index (χ2v) is 5.49. The lowest BCUT2D eigenvalue weighted by atomic mass is 10.1. The van der Waals surface area contributed by atoms with E-state index in [4.69, 9.17) is 4.42 Å². The quantitative estimate of drug-likeness (QED) is 0.544. The molecule has 2 N–H and O–H groups in total. The summed E-state index contributed by atoms with van der Waals surface area (Å²) in [5, 5.41) is 10.9. The Morgan fingerprint density at radius 1 is 1.15 bits per heavy atom. The number of carbonyl (C=O) groups excluding carboxylic acids is 2. The molecule has 0 saturated heterocycles. The predicted octanol–water partition coefficient (Wildman–Crippen LogP) is 2.42. The molecule has 0 aliphatic carbocycles. The van der Waals surface area contributed by atoms with Crippen molar-refractivity contribution in [3.05, 3.63) is 71.9 Å². The van der Waals surface area contributed by atoms with Gasteiger partial charge in [0, 0.05) is 18.9 Å². The third kappa shape index (κ3) is 3.86. The maximum Gasteiger partial charge on any atom is 0.307 e. The summed E-state index contributed by atoms with van der Waals surface area (Å²) in [6, 6.07) is 12.0. The summed E-state index contributed by atoms with van der Waals surface area (Å²) in [6.07, 6.45) is 2.98. The third-order valence-electron chi connectivity index (χ3n) is 3.66. The maximum absolute atomic E-state index is 12.3. The van der Waals surface area contributed by atoms with Crippen LogP contribution < -0.4 is 10.7 Å². The first-order chi connectivity index (χ1) is 12.5. The predicted molar refractivity (Wildman–Crippen MR) is 96.0 cm³/mol. The molecule has 0 unspecified atom stereocenters. The van der Waals surface area contributed by atoms with Gasteiger partial charge in [-0.3, -0.25) is 14.3 Å². The maximum atomic E-state index is 12.3. The van der Waals surface area contributed by atoms with Gasteiger partial charge >= 0.3 is 5.91 Å². The van der Waals surface area contributed by atoms with Gasteiger partial charge in [0.25, 0.3) is 5.91 Å². The van der Waals surface area contributed by atoms with E-state index < -0.39 is 5.91 Å². The number of benzene rings is 1. The van der Waals surface area contributed by atoms with E-state index in [1.54, 1.807) is 56.6 Å².